The van der Waals surface area contributed by atoms with E-state index in [4.69, 9.17) is 13.9 Å². The van der Waals surface area contributed by atoms with Gasteiger partial charge in [0.15, 0.2) is 18.3 Å². The minimum atomic E-state index is -0.351. The molecule has 0 unspecified atom stereocenters. The van der Waals surface area contributed by atoms with Crippen molar-refractivity contribution < 1.29 is 13.9 Å². The van der Waals surface area contributed by atoms with Crippen LogP contribution >= 0.6 is 0 Å². The molecular weight excluding hydrogens is 230 g/mol. The van der Waals surface area contributed by atoms with Gasteiger partial charge in [-0.25, -0.2) is 4.98 Å². The number of hydrogen-bond acceptors (Lipinski definition) is 4. The van der Waals surface area contributed by atoms with E-state index in [1.807, 2.05) is 45.9 Å². The number of fused-ring (bicyclic) bond motifs is 1. The Morgan fingerprint density at radius 2 is 1.72 bits per heavy atom. The van der Waals surface area contributed by atoms with Crippen LogP contribution in [0.1, 0.15) is 39.5 Å². The minimum Gasteiger partial charge on any atom is -0.443 e. The van der Waals surface area contributed by atoms with Crippen LogP contribution in [0, 0.1) is 0 Å². The van der Waals surface area contributed by atoms with Crippen molar-refractivity contribution in [2.45, 2.75) is 45.2 Å². The first-order valence-corrected chi connectivity index (χ1v) is 6.08. The molecule has 0 amide bonds. The molecule has 0 saturated carbocycles. The lowest BCUT2D eigenvalue weighted by Crippen LogP contribution is -2.41. The summed E-state index contributed by atoms with van der Waals surface area (Å²) in [4.78, 5) is 4.15. The zero-order chi connectivity index (χ0) is 13.0. The van der Waals surface area contributed by atoms with E-state index in [-0.39, 0.29) is 17.5 Å². The van der Waals surface area contributed by atoms with Crippen LogP contribution in [0.25, 0.3) is 11.1 Å². The Morgan fingerprint density at radius 1 is 1.06 bits per heavy atom. The van der Waals surface area contributed by atoms with Crippen molar-refractivity contribution in [2.75, 3.05) is 0 Å². The first-order valence-electron chi connectivity index (χ1n) is 6.08. The lowest BCUT2D eigenvalue weighted by atomic mass is 9.90. The van der Waals surface area contributed by atoms with Gasteiger partial charge in [-0.1, -0.05) is 6.07 Å². The largest absolute Gasteiger partial charge is 0.443 e. The van der Waals surface area contributed by atoms with Crippen LogP contribution in [0.3, 0.4) is 0 Å². The molecule has 1 fully saturated rings. The zero-order valence-corrected chi connectivity index (χ0v) is 11.1. The molecule has 0 atom stereocenters. The second-order valence-electron chi connectivity index (χ2n) is 5.67. The van der Waals surface area contributed by atoms with Crippen molar-refractivity contribution in [3.8, 4) is 0 Å². The van der Waals surface area contributed by atoms with Crippen LogP contribution in [-0.2, 0) is 9.47 Å². The molecule has 0 radical (unpaired) electrons. The van der Waals surface area contributed by atoms with E-state index in [1.165, 1.54) is 6.39 Å². The van der Waals surface area contributed by atoms with Crippen LogP contribution in [0.2, 0.25) is 0 Å². The Bertz CT molecular complexity index is 569. The first-order chi connectivity index (χ1) is 8.39. The van der Waals surface area contributed by atoms with Gasteiger partial charge in [-0.2, -0.15) is 0 Å². The third kappa shape index (κ3) is 1.64. The van der Waals surface area contributed by atoms with Crippen molar-refractivity contribution in [1.29, 1.82) is 0 Å². The van der Waals surface area contributed by atoms with Gasteiger partial charge in [0.2, 0.25) is 0 Å². The lowest BCUT2D eigenvalue weighted by molar-refractivity contribution is -0.0895. The molecule has 2 aromatic rings. The van der Waals surface area contributed by atoms with Crippen LogP contribution < -0.4 is 0 Å². The van der Waals surface area contributed by atoms with E-state index >= 15 is 0 Å². The number of rotatable bonds is 1. The Morgan fingerprint density at radius 3 is 2.39 bits per heavy atom. The molecule has 3 rings (SSSR count). The fourth-order valence-corrected chi connectivity index (χ4v) is 2.00. The summed E-state index contributed by atoms with van der Waals surface area (Å²) in [7, 11) is 0. The van der Waals surface area contributed by atoms with Crippen LogP contribution in [0.5, 0.6) is 0 Å². The van der Waals surface area contributed by atoms with Crippen molar-refractivity contribution in [3.05, 3.63) is 30.2 Å². The monoisotopic (exact) mass is 247 g/mol. The van der Waals surface area contributed by atoms with Gasteiger partial charge in [-0.15, -0.1) is 0 Å². The van der Waals surface area contributed by atoms with Crippen molar-refractivity contribution in [2.24, 2.45) is 0 Å². The van der Waals surface area contributed by atoms with Gasteiger partial charge in [-0.3, -0.25) is 0 Å². The maximum Gasteiger partial charge on any atom is 0.185 e. The Balaban J connectivity index is 1.96. The standard InChI is InChI=1S/C14H17NO3/c1-13(2)14(3,4)18-12(17-13)9-5-6-11-10(7-9)15-8-16-11/h5-8,12H,1-4H3. The smallest absolute Gasteiger partial charge is 0.185 e. The maximum atomic E-state index is 5.99. The van der Waals surface area contributed by atoms with Gasteiger partial charge in [0.25, 0.3) is 0 Å². The quantitative estimate of drug-likeness (QED) is 0.774. The highest BCUT2D eigenvalue weighted by atomic mass is 16.7. The summed E-state index contributed by atoms with van der Waals surface area (Å²) in [6.07, 6.45) is 1.09. The Kier molecular flexibility index (Phi) is 2.31. The van der Waals surface area contributed by atoms with E-state index in [1.54, 1.807) is 0 Å². The predicted molar refractivity (Wildman–Crippen MR) is 67.1 cm³/mol. The fraction of sp³-hybridized carbons (Fsp3) is 0.500. The van der Waals surface area contributed by atoms with E-state index in [0.29, 0.717) is 0 Å². The summed E-state index contributed by atoms with van der Waals surface area (Å²) in [6, 6.07) is 5.79. The summed E-state index contributed by atoms with van der Waals surface area (Å²) in [6.45, 7) is 8.17. The topological polar surface area (TPSA) is 44.5 Å². The normalized spacial score (nSPS) is 22.7. The van der Waals surface area contributed by atoms with Gasteiger partial charge < -0.3 is 13.9 Å². The molecule has 1 saturated heterocycles. The Labute approximate surface area is 106 Å². The highest BCUT2D eigenvalue weighted by Crippen LogP contribution is 2.44. The highest BCUT2D eigenvalue weighted by molar-refractivity contribution is 5.72. The average molecular weight is 247 g/mol. The summed E-state index contributed by atoms with van der Waals surface area (Å²) < 4.78 is 17.2. The van der Waals surface area contributed by atoms with Crippen LogP contribution in [-0.4, -0.2) is 16.2 Å². The third-order valence-electron chi connectivity index (χ3n) is 3.88. The van der Waals surface area contributed by atoms with E-state index < -0.39 is 0 Å². The predicted octanol–water partition coefficient (Wildman–Crippen LogP) is 3.43. The lowest BCUT2D eigenvalue weighted by Gasteiger charge is -2.30. The van der Waals surface area contributed by atoms with Gasteiger partial charge >= 0.3 is 0 Å². The van der Waals surface area contributed by atoms with Gasteiger partial charge in [0, 0.05) is 5.56 Å². The summed E-state index contributed by atoms with van der Waals surface area (Å²) in [5.41, 5.74) is 1.92. The minimum absolute atomic E-state index is 0.323. The molecule has 96 valence electrons. The number of benzene rings is 1. The number of aromatic nitrogens is 1. The van der Waals surface area contributed by atoms with Gasteiger partial charge in [0.05, 0.1) is 11.2 Å². The molecule has 0 bridgehead atoms. The van der Waals surface area contributed by atoms with Crippen molar-refractivity contribution >= 4 is 11.1 Å². The van der Waals surface area contributed by atoms with Crippen molar-refractivity contribution in [3.63, 3.8) is 0 Å². The number of oxazole rings is 1. The molecule has 2 heterocycles. The second kappa shape index (κ2) is 3.56. The molecule has 1 aliphatic heterocycles. The first kappa shape index (κ1) is 11.7. The SMILES string of the molecule is CC1(C)OC(c2ccc3ocnc3c2)OC1(C)C. The van der Waals surface area contributed by atoms with Crippen molar-refractivity contribution in [1.82, 2.24) is 4.98 Å². The second-order valence-corrected chi connectivity index (χ2v) is 5.67. The molecule has 18 heavy (non-hydrogen) atoms. The van der Waals surface area contributed by atoms with Gasteiger partial charge in [0.1, 0.15) is 5.52 Å². The average Bonchev–Trinajstić information content (AvgIpc) is 2.80. The molecule has 1 aliphatic rings. The zero-order valence-electron chi connectivity index (χ0n) is 11.1. The third-order valence-corrected chi connectivity index (χ3v) is 3.88. The molecular formula is C14H17NO3. The number of ether oxygens (including phenoxy) is 2. The molecule has 0 spiro atoms. The maximum absolute atomic E-state index is 5.99. The van der Waals surface area contributed by atoms with E-state index in [9.17, 15) is 0 Å². The molecule has 1 aromatic heterocycles. The molecule has 0 N–H and O–H groups in total. The summed E-state index contributed by atoms with van der Waals surface area (Å²) in [5.74, 6) is 0. The molecule has 4 nitrogen and oxygen atoms in total. The fourth-order valence-electron chi connectivity index (χ4n) is 2.00. The Hall–Kier alpha value is -1.39. The summed E-state index contributed by atoms with van der Waals surface area (Å²) >= 11 is 0. The summed E-state index contributed by atoms with van der Waals surface area (Å²) in [5, 5.41) is 0. The van der Waals surface area contributed by atoms with Gasteiger partial charge in [-0.05, 0) is 39.8 Å². The molecule has 0 aliphatic carbocycles. The van der Waals surface area contributed by atoms with Crippen LogP contribution in [0.4, 0.5) is 0 Å². The van der Waals surface area contributed by atoms with E-state index in [0.717, 1.165) is 16.7 Å². The number of hydrogen-bond donors (Lipinski definition) is 0. The molecule has 1 aromatic carbocycles. The molecule has 4 heteroatoms. The number of nitrogens with zero attached hydrogens (tertiary/aromatic N) is 1. The highest BCUT2D eigenvalue weighted by Gasteiger charge is 2.49. The van der Waals surface area contributed by atoms with Crippen LogP contribution in [0.15, 0.2) is 29.0 Å². The van der Waals surface area contributed by atoms with E-state index in [2.05, 4.69) is 4.98 Å².